The molecule has 178 valence electrons. The van der Waals surface area contributed by atoms with E-state index in [9.17, 15) is 9.59 Å². The predicted octanol–water partition coefficient (Wildman–Crippen LogP) is 1.91. The SMILES string of the molecule is Cn1c(COc2ccc(Cl)cc2)nnc1SCC(=O)N1CCN(CC(=O)N2CCCC2)CC1. The van der Waals surface area contributed by atoms with E-state index < -0.39 is 0 Å². The van der Waals surface area contributed by atoms with Gasteiger partial charge in [0.1, 0.15) is 12.4 Å². The summed E-state index contributed by atoms with van der Waals surface area (Å²) in [5.41, 5.74) is 0. The summed E-state index contributed by atoms with van der Waals surface area (Å²) in [6.45, 7) is 5.24. The molecule has 0 spiro atoms. The van der Waals surface area contributed by atoms with Crippen LogP contribution in [0.25, 0.3) is 0 Å². The first-order valence-electron chi connectivity index (χ1n) is 11.2. The van der Waals surface area contributed by atoms with Crippen molar-refractivity contribution in [2.24, 2.45) is 7.05 Å². The van der Waals surface area contributed by atoms with Gasteiger partial charge in [-0.25, -0.2) is 0 Å². The first kappa shape index (κ1) is 23.8. The number of aromatic nitrogens is 3. The van der Waals surface area contributed by atoms with Crippen LogP contribution in [0.2, 0.25) is 5.02 Å². The number of carbonyl (C=O) groups is 2. The number of hydrogen-bond donors (Lipinski definition) is 0. The van der Waals surface area contributed by atoms with Crippen LogP contribution in [0.5, 0.6) is 5.75 Å². The molecule has 0 N–H and O–H groups in total. The third-order valence-electron chi connectivity index (χ3n) is 5.97. The van der Waals surface area contributed by atoms with Crippen molar-refractivity contribution >= 4 is 35.2 Å². The predicted molar refractivity (Wildman–Crippen MR) is 126 cm³/mol. The number of halogens is 1. The van der Waals surface area contributed by atoms with Gasteiger partial charge in [-0.1, -0.05) is 23.4 Å². The summed E-state index contributed by atoms with van der Waals surface area (Å²) in [7, 11) is 1.86. The smallest absolute Gasteiger partial charge is 0.236 e. The minimum atomic E-state index is 0.0764. The van der Waals surface area contributed by atoms with Crippen LogP contribution in [-0.4, -0.2) is 92.8 Å². The van der Waals surface area contributed by atoms with Crippen LogP contribution in [0, 0.1) is 0 Å². The van der Waals surface area contributed by atoms with Gasteiger partial charge in [0.05, 0.1) is 12.3 Å². The Morgan fingerprint density at radius 3 is 2.33 bits per heavy atom. The van der Waals surface area contributed by atoms with Crippen molar-refractivity contribution in [1.82, 2.24) is 29.5 Å². The zero-order chi connectivity index (χ0) is 23.2. The summed E-state index contributed by atoms with van der Waals surface area (Å²) in [4.78, 5) is 31.0. The molecule has 0 radical (unpaired) electrons. The normalized spacial score (nSPS) is 16.9. The fourth-order valence-corrected chi connectivity index (χ4v) is 4.86. The Hall–Kier alpha value is -2.30. The number of carbonyl (C=O) groups excluding carboxylic acids is 2. The van der Waals surface area contributed by atoms with Gasteiger partial charge in [0, 0.05) is 51.3 Å². The number of thioether (sulfide) groups is 1. The monoisotopic (exact) mass is 492 g/mol. The highest BCUT2D eigenvalue weighted by atomic mass is 35.5. The van der Waals surface area contributed by atoms with Crippen molar-refractivity contribution in [3.05, 3.63) is 35.1 Å². The number of likely N-dealkylation sites (tertiary alicyclic amines) is 1. The summed E-state index contributed by atoms with van der Waals surface area (Å²) in [6.07, 6.45) is 2.21. The van der Waals surface area contributed by atoms with Gasteiger partial charge in [0.25, 0.3) is 0 Å². The van der Waals surface area contributed by atoms with Crippen LogP contribution in [0.3, 0.4) is 0 Å². The van der Waals surface area contributed by atoms with Crippen molar-refractivity contribution in [3.63, 3.8) is 0 Å². The summed E-state index contributed by atoms with van der Waals surface area (Å²) in [6, 6.07) is 7.14. The van der Waals surface area contributed by atoms with Crippen LogP contribution in [0.4, 0.5) is 0 Å². The van der Waals surface area contributed by atoms with Gasteiger partial charge in [-0.3, -0.25) is 14.5 Å². The molecule has 0 bridgehead atoms. The second-order valence-electron chi connectivity index (χ2n) is 8.23. The summed E-state index contributed by atoms with van der Waals surface area (Å²) < 4.78 is 7.58. The fraction of sp³-hybridized carbons (Fsp3) is 0.545. The lowest BCUT2D eigenvalue weighted by atomic mass is 10.3. The van der Waals surface area contributed by atoms with Crippen molar-refractivity contribution in [1.29, 1.82) is 0 Å². The number of piperazine rings is 1. The highest BCUT2D eigenvalue weighted by Gasteiger charge is 2.25. The van der Waals surface area contributed by atoms with Gasteiger partial charge in [-0.15, -0.1) is 10.2 Å². The van der Waals surface area contributed by atoms with Gasteiger partial charge >= 0.3 is 0 Å². The maximum atomic E-state index is 12.7. The van der Waals surface area contributed by atoms with E-state index in [2.05, 4.69) is 15.1 Å². The van der Waals surface area contributed by atoms with Crippen molar-refractivity contribution in [2.75, 3.05) is 51.6 Å². The van der Waals surface area contributed by atoms with Crippen LogP contribution in [-0.2, 0) is 23.2 Å². The van der Waals surface area contributed by atoms with Gasteiger partial charge < -0.3 is 19.1 Å². The molecule has 2 saturated heterocycles. The molecule has 0 unspecified atom stereocenters. The maximum Gasteiger partial charge on any atom is 0.236 e. The molecular weight excluding hydrogens is 464 g/mol. The minimum absolute atomic E-state index is 0.0764. The molecule has 0 saturated carbocycles. The highest BCUT2D eigenvalue weighted by Crippen LogP contribution is 2.20. The lowest BCUT2D eigenvalue weighted by molar-refractivity contribution is -0.133. The Kier molecular flexibility index (Phi) is 8.11. The number of amides is 2. The van der Waals surface area contributed by atoms with E-state index in [1.807, 2.05) is 21.4 Å². The molecular formula is C22H29ClN6O3S. The average molecular weight is 493 g/mol. The van der Waals surface area contributed by atoms with Gasteiger partial charge in [-0.05, 0) is 37.1 Å². The lowest BCUT2D eigenvalue weighted by Crippen LogP contribution is -2.51. The molecule has 3 heterocycles. The summed E-state index contributed by atoms with van der Waals surface area (Å²) >= 11 is 7.26. The maximum absolute atomic E-state index is 12.7. The van der Waals surface area contributed by atoms with Crippen LogP contribution in [0.15, 0.2) is 29.4 Å². The standard InChI is InChI=1S/C22H29ClN6O3S/c1-26-19(15-32-18-6-4-17(23)5-7-18)24-25-22(26)33-16-21(31)29-12-10-27(11-13-29)14-20(30)28-8-2-3-9-28/h4-7H,2-3,8-16H2,1H3. The van der Waals surface area contributed by atoms with E-state index in [0.717, 1.165) is 39.0 Å². The third kappa shape index (κ3) is 6.39. The largest absolute Gasteiger partial charge is 0.486 e. The van der Waals surface area contributed by atoms with Crippen LogP contribution in [0.1, 0.15) is 18.7 Å². The molecule has 1 aromatic carbocycles. The Morgan fingerprint density at radius 2 is 1.64 bits per heavy atom. The molecule has 2 fully saturated rings. The van der Waals surface area contributed by atoms with Gasteiger partial charge in [-0.2, -0.15) is 0 Å². The quantitative estimate of drug-likeness (QED) is 0.520. The fourth-order valence-electron chi connectivity index (χ4n) is 3.91. The molecule has 0 aliphatic carbocycles. The first-order valence-corrected chi connectivity index (χ1v) is 12.5. The number of ether oxygens (including phenoxy) is 1. The topological polar surface area (TPSA) is 83.8 Å². The van der Waals surface area contributed by atoms with E-state index in [4.69, 9.17) is 16.3 Å². The van der Waals surface area contributed by atoms with E-state index in [1.165, 1.54) is 11.8 Å². The molecule has 4 rings (SSSR count). The zero-order valence-corrected chi connectivity index (χ0v) is 20.4. The van der Waals surface area contributed by atoms with E-state index in [0.29, 0.717) is 47.1 Å². The summed E-state index contributed by atoms with van der Waals surface area (Å²) in [5, 5.41) is 9.71. The second kappa shape index (κ2) is 11.2. The lowest BCUT2D eigenvalue weighted by Gasteiger charge is -2.35. The molecule has 11 heteroatoms. The molecule has 33 heavy (non-hydrogen) atoms. The van der Waals surface area contributed by atoms with E-state index in [-0.39, 0.29) is 18.4 Å². The Morgan fingerprint density at radius 1 is 0.970 bits per heavy atom. The van der Waals surface area contributed by atoms with Gasteiger partial charge in [0.2, 0.25) is 11.8 Å². The number of nitrogens with zero attached hydrogens (tertiary/aromatic N) is 6. The highest BCUT2D eigenvalue weighted by molar-refractivity contribution is 7.99. The van der Waals surface area contributed by atoms with Crippen molar-refractivity contribution in [3.8, 4) is 5.75 Å². The zero-order valence-electron chi connectivity index (χ0n) is 18.8. The van der Waals surface area contributed by atoms with Crippen LogP contribution >= 0.6 is 23.4 Å². The number of hydrogen-bond acceptors (Lipinski definition) is 7. The molecule has 2 aliphatic heterocycles. The second-order valence-corrected chi connectivity index (χ2v) is 9.61. The summed E-state index contributed by atoms with van der Waals surface area (Å²) in [5.74, 6) is 1.97. The van der Waals surface area contributed by atoms with Crippen molar-refractivity contribution < 1.29 is 14.3 Å². The Balaban J connectivity index is 1.19. The van der Waals surface area contributed by atoms with Crippen LogP contribution < -0.4 is 4.74 Å². The molecule has 1 aromatic heterocycles. The molecule has 0 atom stereocenters. The Bertz CT molecular complexity index is 956. The van der Waals surface area contributed by atoms with E-state index in [1.54, 1.807) is 24.3 Å². The first-order chi connectivity index (χ1) is 16.0. The Labute approximate surface area is 203 Å². The number of benzene rings is 1. The van der Waals surface area contributed by atoms with E-state index >= 15 is 0 Å². The van der Waals surface area contributed by atoms with Gasteiger partial charge in [0.15, 0.2) is 11.0 Å². The third-order valence-corrected chi connectivity index (χ3v) is 7.23. The number of rotatable bonds is 8. The van der Waals surface area contributed by atoms with Crippen molar-refractivity contribution in [2.45, 2.75) is 24.6 Å². The molecule has 2 amide bonds. The molecule has 2 aliphatic rings. The molecule has 9 nitrogen and oxygen atoms in total. The minimum Gasteiger partial charge on any atom is -0.486 e. The molecule has 2 aromatic rings. The average Bonchev–Trinajstić information content (AvgIpc) is 3.48.